The summed E-state index contributed by atoms with van der Waals surface area (Å²) in [5, 5.41) is 7.39. The molecule has 164 valence electrons. The van der Waals surface area contributed by atoms with Gasteiger partial charge in [0, 0.05) is 21.3 Å². The largest absolute Gasteiger partial charge is 0.493 e. The number of ether oxygens (including phenoxy) is 2. The summed E-state index contributed by atoms with van der Waals surface area (Å²) in [6, 6.07) is 18.9. The lowest BCUT2D eigenvalue weighted by Gasteiger charge is -2.12. The van der Waals surface area contributed by atoms with Crippen molar-refractivity contribution in [3.05, 3.63) is 87.9 Å². The van der Waals surface area contributed by atoms with Gasteiger partial charge in [0.25, 0.3) is 0 Å². The smallest absolute Gasteiger partial charge is 0.329 e. The molecular formula is C23H19Cl2N3O4. The molecular weight excluding hydrogens is 453 g/mol. The number of carbonyl (C=O) groups is 2. The topological polar surface area (TPSA) is 89.0 Å². The predicted molar refractivity (Wildman–Crippen MR) is 125 cm³/mol. The Balaban J connectivity index is 1.57. The minimum atomic E-state index is -0.914. The van der Waals surface area contributed by atoms with Gasteiger partial charge < -0.3 is 14.8 Å². The molecule has 0 heterocycles. The molecule has 3 aromatic rings. The quantitative estimate of drug-likeness (QED) is 0.297. The zero-order valence-electron chi connectivity index (χ0n) is 17.0. The maximum absolute atomic E-state index is 11.9. The lowest BCUT2D eigenvalue weighted by molar-refractivity contribution is -0.136. The average Bonchev–Trinajstić information content (AvgIpc) is 2.80. The van der Waals surface area contributed by atoms with Crippen molar-refractivity contribution >= 4 is 46.9 Å². The van der Waals surface area contributed by atoms with Gasteiger partial charge in [-0.05, 0) is 54.1 Å². The molecule has 3 aromatic carbocycles. The number of benzene rings is 3. The van der Waals surface area contributed by atoms with E-state index in [-0.39, 0.29) is 6.61 Å². The van der Waals surface area contributed by atoms with Crippen LogP contribution < -0.4 is 20.2 Å². The van der Waals surface area contributed by atoms with Crippen LogP contribution in [0.4, 0.5) is 5.69 Å². The van der Waals surface area contributed by atoms with Gasteiger partial charge in [-0.15, -0.1) is 0 Å². The van der Waals surface area contributed by atoms with Crippen molar-refractivity contribution in [3.63, 3.8) is 0 Å². The normalized spacial score (nSPS) is 10.6. The molecule has 32 heavy (non-hydrogen) atoms. The number of carbonyl (C=O) groups excluding carboxylic acids is 2. The first-order valence-corrected chi connectivity index (χ1v) is 10.2. The molecule has 2 N–H and O–H groups in total. The molecule has 0 saturated heterocycles. The maximum atomic E-state index is 11.9. The van der Waals surface area contributed by atoms with Crippen LogP contribution in [0.3, 0.4) is 0 Å². The van der Waals surface area contributed by atoms with Crippen LogP contribution in [0.25, 0.3) is 0 Å². The molecule has 7 nitrogen and oxygen atoms in total. The standard InChI is InChI=1S/C23H19Cl2N3O4/c1-31-21-12-15(6-11-20(21)32-14-16-4-2-3-5-19(16)25)13-26-28-23(30)22(29)27-18-9-7-17(24)8-10-18/h2-13H,14H2,1H3,(H,27,29)(H,28,30)/b26-13+. The summed E-state index contributed by atoms with van der Waals surface area (Å²) < 4.78 is 11.2. The first kappa shape index (κ1) is 23.1. The van der Waals surface area contributed by atoms with E-state index < -0.39 is 11.8 Å². The summed E-state index contributed by atoms with van der Waals surface area (Å²) in [5.41, 5.74) is 4.09. The average molecular weight is 472 g/mol. The molecule has 0 saturated carbocycles. The lowest BCUT2D eigenvalue weighted by atomic mass is 10.2. The van der Waals surface area contributed by atoms with Gasteiger partial charge in [-0.25, -0.2) is 5.43 Å². The first-order valence-electron chi connectivity index (χ1n) is 9.40. The van der Waals surface area contributed by atoms with Crippen LogP contribution in [0, 0.1) is 0 Å². The van der Waals surface area contributed by atoms with E-state index in [1.165, 1.54) is 13.3 Å². The number of nitrogens with one attached hydrogen (secondary N) is 2. The third-order valence-corrected chi connectivity index (χ3v) is 4.84. The molecule has 0 aliphatic heterocycles. The van der Waals surface area contributed by atoms with Gasteiger partial charge in [0.1, 0.15) is 6.61 Å². The number of amides is 2. The molecule has 9 heteroatoms. The van der Waals surface area contributed by atoms with Crippen molar-refractivity contribution in [2.75, 3.05) is 12.4 Å². The molecule has 0 fully saturated rings. The Morgan fingerprint density at radius 1 is 0.969 bits per heavy atom. The fourth-order valence-electron chi connectivity index (χ4n) is 2.59. The number of hydrogen-bond acceptors (Lipinski definition) is 5. The highest BCUT2D eigenvalue weighted by Gasteiger charge is 2.13. The molecule has 0 unspecified atom stereocenters. The van der Waals surface area contributed by atoms with E-state index in [0.717, 1.165) is 5.56 Å². The number of methoxy groups -OCH3 is 1. The van der Waals surface area contributed by atoms with Crippen LogP contribution in [-0.2, 0) is 16.2 Å². The fraction of sp³-hybridized carbons (Fsp3) is 0.0870. The van der Waals surface area contributed by atoms with Gasteiger partial charge >= 0.3 is 11.8 Å². The molecule has 0 aliphatic carbocycles. The summed E-state index contributed by atoms with van der Waals surface area (Å²) in [4.78, 5) is 23.8. The van der Waals surface area contributed by atoms with E-state index >= 15 is 0 Å². The van der Waals surface area contributed by atoms with Gasteiger partial charge in [0.05, 0.1) is 13.3 Å². The Morgan fingerprint density at radius 2 is 1.72 bits per heavy atom. The molecule has 0 aliphatic rings. The summed E-state index contributed by atoms with van der Waals surface area (Å²) in [7, 11) is 1.52. The summed E-state index contributed by atoms with van der Waals surface area (Å²) in [5.74, 6) is -0.767. The van der Waals surface area contributed by atoms with Crippen molar-refractivity contribution in [2.45, 2.75) is 6.61 Å². The van der Waals surface area contributed by atoms with E-state index in [0.29, 0.717) is 32.8 Å². The Bertz CT molecular complexity index is 1130. The van der Waals surface area contributed by atoms with Gasteiger partial charge in [-0.2, -0.15) is 5.10 Å². The van der Waals surface area contributed by atoms with E-state index in [4.69, 9.17) is 32.7 Å². The minimum Gasteiger partial charge on any atom is -0.493 e. The second-order valence-corrected chi connectivity index (χ2v) is 7.29. The van der Waals surface area contributed by atoms with Crippen molar-refractivity contribution in [2.24, 2.45) is 5.10 Å². The van der Waals surface area contributed by atoms with Crippen LogP contribution in [-0.4, -0.2) is 25.1 Å². The zero-order valence-corrected chi connectivity index (χ0v) is 18.5. The number of hydrazone groups is 1. The lowest BCUT2D eigenvalue weighted by Crippen LogP contribution is -2.32. The predicted octanol–water partition coefficient (Wildman–Crippen LogP) is 4.67. The van der Waals surface area contributed by atoms with E-state index in [1.54, 1.807) is 48.5 Å². The Labute approximate surface area is 194 Å². The second-order valence-electron chi connectivity index (χ2n) is 6.45. The molecule has 0 radical (unpaired) electrons. The fourth-order valence-corrected chi connectivity index (χ4v) is 2.91. The molecule has 3 rings (SSSR count). The van der Waals surface area contributed by atoms with Crippen LogP contribution in [0.5, 0.6) is 11.5 Å². The monoisotopic (exact) mass is 471 g/mol. The molecule has 2 amide bonds. The van der Waals surface area contributed by atoms with Crippen molar-refractivity contribution in [1.82, 2.24) is 5.43 Å². The highest BCUT2D eigenvalue weighted by atomic mass is 35.5. The highest BCUT2D eigenvalue weighted by molar-refractivity contribution is 6.39. The molecule has 0 bridgehead atoms. The van der Waals surface area contributed by atoms with Crippen molar-refractivity contribution in [1.29, 1.82) is 0 Å². The SMILES string of the molecule is COc1cc(/C=N/NC(=O)C(=O)Nc2ccc(Cl)cc2)ccc1OCc1ccccc1Cl. The maximum Gasteiger partial charge on any atom is 0.329 e. The van der Waals surface area contributed by atoms with Crippen molar-refractivity contribution in [3.8, 4) is 11.5 Å². The molecule has 0 atom stereocenters. The van der Waals surface area contributed by atoms with Gasteiger partial charge in [0.2, 0.25) is 0 Å². The second kappa shape index (κ2) is 11.2. The van der Waals surface area contributed by atoms with Crippen LogP contribution in [0.1, 0.15) is 11.1 Å². The Kier molecular flexibility index (Phi) is 8.08. The number of rotatable bonds is 7. The van der Waals surface area contributed by atoms with Crippen LogP contribution in [0.2, 0.25) is 10.0 Å². The summed E-state index contributed by atoms with van der Waals surface area (Å²) >= 11 is 11.9. The number of nitrogens with zero attached hydrogens (tertiary/aromatic N) is 1. The van der Waals surface area contributed by atoms with E-state index in [9.17, 15) is 9.59 Å². The molecule has 0 spiro atoms. The number of halogens is 2. The zero-order chi connectivity index (χ0) is 22.9. The third-order valence-electron chi connectivity index (χ3n) is 4.22. The van der Waals surface area contributed by atoms with Gasteiger partial charge in [-0.1, -0.05) is 41.4 Å². The summed E-state index contributed by atoms with van der Waals surface area (Å²) in [6.07, 6.45) is 1.38. The minimum absolute atomic E-state index is 0.280. The van der Waals surface area contributed by atoms with Crippen molar-refractivity contribution < 1.29 is 19.1 Å². The first-order chi connectivity index (χ1) is 15.5. The highest BCUT2D eigenvalue weighted by Crippen LogP contribution is 2.29. The van der Waals surface area contributed by atoms with E-state index in [2.05, 4.69) is 15.8 Å². The van der Waals surface area contributed by atoms with Crippen LogP contribution >= 0.6 is 23.2 Å². The van der Waals surface area contributed by atoms with E-state index in [1.807, 2.05) is 18.2 Å². The summed E-state index contributed by atoms with van der Waals surface area (Å²) in [6.45, 7) is 0.280. The Hall–Kier alpha value is -3.55. The van der Waals surface area contributed by atoms with Gasteiger partial charge in [-0.3, -0.25) is 9.59 Å². The molecule has 0 aromatic heterocycles. The number of hydrogen-bond donors (Lipinski definition) is 2. The third kappa shape index (κ3) is 6.47. The Morgan fingerprint density at radius 3 is 2.44 bits per heavy atom. The van der Waals surface area contributed by atoms with Gasteiger partial charge in [0.15, 0.2) is 11.5 Å². The van der Waals surface area contributed by atoms with Crippen LogP contribution in [0.15, 0.2) is 71.8 Å². The number of anilines is 1.